The van der Waals surface area contributed by atoms with E-state index in [1.54, 1.807) is 18.2 Å². The Bertz CT molecular complexity index is 1120. The van der Waals surface area contributed by atoms with Crippen LogP contribution in [0.5, 0.6) is 5.75 Å². The van der Waals surface area contributed by atoms with Gasteiger partial charge in [-0.3, -0.25) is 9.59 Å². The van der Waals surface area contributed by atoms with Crippen LogP contribution in [0.2, 0.25) is 0 Å². The van der Waals surface area contributed by atoms with E-state index in [-0.39, 0.29) is 27.8 Å². The lowest BCUT2D eigenvalue weighted by Crippen LogP contribution is -2.37. The van der Waals surface area contributed by atoms with Crippen molar-refractivity contribution in [3.63, 3.8) is 0 Å². The second-order valence-electron chi connectivity index (χ2n) is 6.40. The highest BCUT2D eigenvalue weighted by Crippen LogP contribution is 2.58. The van der Waals surface area contributed by atoms with E-state index in [1.165, 1.54) is 23.9 Å². The van der Waals surface area contributed by atoms with Gasteiger partial charge in [-0.2, -0.15) is 0 Å². The second kappa shape index (κ2) is 6.32. The lowest BCUT2D eigenvalue weighted by atomic mass is 9.78. The number of fused-ring (bicyclic) bond motifs is 5. The molecule has 0 spiro atoms. The minimum Gasteiger partial charge on any atom is -0.426 e. The van der Waals surface area contributed by atoms with Gasteiger partial charge in [0.25, 0.3) is 0 Å². The number of H-pyrrole nitrogens is 1. The quantitative estimate of drug-likeness (QED) is 0.413. The first-order chi connectivity index (χ1) is 13.0. The zero-order valence-electron chi connectivity index (χ0n) is 13.6. The topological polar surface area (TPSA) is 59.2 Å². The molecule has 3 atom stereocenters. The van der Waals surface area contributed by atoms with Gasteiger partial charge in [0.05, 0.1) is 16.2 Å². The van der Waals surface area contributed by atoms with Gasteiger partial charge in [-0.25, -0.2) is 4.39 Å². The van der Waals surface area contributed by atoms with Crippen molar-refractivity contribution in [1.29, 1.82) is 0 Å². The lowest BCUT2D eigenvalue weighted by Gasteiger charge is -2.39. The third-order valence-electron chi connectivity index (χ3n) is 4.84. The molecule has 0 unspecified atom stereocenters. The summed E-state index contributed by atoms with van der Waals surface area (Å²) in [6, 6.07) is 11.7. The molecule has 5 rings (SSSR count). The smallest absolute Gasteiger partial charge is 0.316 e. The number of hydrogen-bond acceptors (Lipinski definition) is 5. The minimum absolute atomic E-state index is 0.151. The highest BCUT2D eigenvalue weighted by atomic mass is 79.9. The first kappa shape index (κ1) is 17.2. The van der Waals surface area contributed by atoms with Crippen LogP contribution in [0.15, 0.2) is 56.8 Å². The number of aromatic amines is 1. The predicted molar refractivity (Wildman–Crippen MR) is 105 cm³/mol. The van der Waals surface area contributed by atoms with Crippen LogP contribution in [0.4, 0.5) is 4.39 Å². The van der Waals surface area contributed by atoms with E-state index >= 15 is 0 Å². The Kier molecular flexibility index (Phi) is 4.03. The maximum atomic E-state index is 13.4. The average molecular weight is 464 g/mol. The molecule has 2 aliphatic rings. The van der Waals surface area contributed by atoms with E-state index in [2.05, 4.69) is 20.9 Å². The molecule has 0 bridgehead atoms. The largest absolute Gasteiger partial charge is 0.426 e. The van der Waals surface area contributed by atoms with Crippen LogP contribution in [-0.4, -0.2) is 11.0 Å². The van der Waals surface area contributed by atoms with Gasteiger partial charge in [-0.15, -0.1) is 0 Å². The third-order valence-corrected chi connectivity index (χ3v) is 7.81. The zero-order valence-corrected chi connectivity index (χ0v) is 16.8. The Labute approximate surface area is 169 Å². The summed E-state index contributed by atoms with van der Waals surface area (Å²) in [5, 5.41) is 0.481. The first-order valence-electron chi connectivity index (χ1n) is 8.17. The molecule has 0 aliphatic carbocycles. The number of halogens is 2. The minimum atomic E-state index is -0.499. The number of ether oxygens (including phenoxy) is 1. The maximum Gasteiger partial charge on any atom is 0.316 e. The van der Waals surface area contributed by atoms with Gasteiger partial charge >= 0.3 is 10.8 Å². The second-order valence-corrected chi connectivity index (χ2v) is 9.49. The number of rotatable bonds is 1. The Balaban J connectivity index is 1.74. The van der Waals surface area contributed by atoms with Crippen molar-refractivity contribution >= 4 is 45.0 Å². The third kappa shape index (κ3) is 2.78. The Hall–Kier alpha value is -1.90. The maximum absolute atomic E-state index is 13.4. The number of carbonyl (C=O) groups is 1. The highest BCUT2D eigenvalue weighted by Gasteiger charge is 2.49. The fourth-order valence-electron chi connectivity index (χ4n) is 3.71. The number of thiazole rings is 1. The molecule has 0 saturated carbocycles. The van der Waals surface area contributed by atoms with Crippen LogP contribution in [0.25, 0.3) is 0 Å². The molecule has 3 aromatic rings. The fraction of sp³-hybridized carbons (Fsp3) is 0.158. The number of aromatic nitrogens is 1. The van der Waals surface area contributed by atoms with Gasteiger partial charge in [0.2, 0.25) is 0 Å². The molecular weight excluding hydrogens is 453 g/mol. The van der Waals surface area contributed by atoms with E-state index in [1.807, 2.05) is 12.1 Å². The first-order valence-corrected chi connectivity index (χ1v) is 10.7. The van der Waals surface area contributed by atoms with Crippen LogP contribution in [0.3, 0.4) is 0 Å². The molecule has 4 nitrogen and oxygen atoms in total. The Morgan fingerprint density at radius 2 is 1.89 bits per heavy atom. The molecule has 1 N–H and O–H groups in total. The van der Waals surface area contributed by atoms with Crippen molar-refractivity contribution in [2.24, 2.45) is 5.92 Å². The van der Waals surface area contributed by atoms with E-state index < -0.39 is 5.92 Å². The van der Waals surface area contributed by atoms with E-state index in [0.29, 0.717) is 5.75 Å². The van der Waals surface area contributed by atoms with Crippen molar-refractivity contribution in [3.8, 4) is 5.75 Å². The van der Waals surface area contributed by atoms with Crippen LogP contribution in [0, 0.1) is 11.7 Å². The van der Waals surface area contributed by atoms with Gasteiger partial charge in [0, 0.05) is 20.8 Å². The van der Waals surface area contributed by atoms with E-state index in [0.717, 1.165) is 36.8 Å². The molecule has 0 fully saturated rings. The van der Waals surface area contributed by atoms with Crippen LogP contribution in [0.1, 0.15) is 27.2 Å². The number of nitrogens with one attached hydrogen (secondary N) is 1. The van der Waals surface area contributed by atoms with Crippen LogP contribution >= 0.6 is 39.0 Å². The summed E-state index contributed by atoms with van der Waals surface area (Å²) in [7, 11) is 0. The van der Waals surface area contributed by atoms with Gasteiger partial charge in [0.1, 0.15) is 11.6 Å². The highest BCUT2D eigenvalue weighted by molar-refractivity contribution is 9.10. The molecule has 0 radical (unpaired) electrons. The normalized spacial score (nSPS) is 23.2. The van der Waals surface area contributed by atoms with Crippen LogP contribution in [-0.2, 0) is 4.79 Å². The molecule has 1 aromatic heterocycles. The summed E-state index contributed by atoms with van der Waals surface area (Å²) >= 11 is 6.04. The summed E-state index contributed by atoms with van der Waals surface area (Å²) in [5.41, 5.74) is 1.70. The van der Waals surface area contributed by atoms with Crippen molar-refractivity contribution in [3.05, 3.63) is 78.4 Å². The number of esters is 1. The Morgan fingerprint density at radius 3 is 2.67 bits per heavy atom. The summed E-state index contributed by atoms with van der Waals surface area (Å²) in [4.78, 5) is 28.6. The lowest BCUT2D eigenvalue weighted by molar-refractivity contribution is -0.140. The van der Waals surface area contributed by atoms with Crippen molar-refractivity contribution < 1.29 is 13.9 Å². The summed E-state index contributed by atoms with van der Waals surface area (Å²) in [6.07, 6.45) is 0. The van der Waals surface area contributed by atoms with Gasteiger partial charge in [0.15, 0.2) is 0 Å². The van der Waals surface area contributed by atoms with E-state index in [9.17, 15) is 14.0 Å². The van der Waals surface area contributed by atoms with Gasteiger partial charge in [-0.1, -0.05) is 51.2 Å². The predicted octanol–water partition coefficient (Wildman–Crippen LogP) is 4.85. The molecule has 3 heterocycles. The molecule has 8 heteroatoms. The van der Waals surface area contributed by atoms with Crippen molar-refractivity contribution in [2.45, 2.75) is 16.2 Å². The molecule has 2 aliphatic heterocycles. The van der Waals surface area contributed by atoms with Crippen LogP contribution < -0.4 is 9.61 Å². The molecule has 0 saturated heterocycles. The van der Waals surface area contributed by atoms with Gasteiger partial charge in [-0.05, 0) is 35.9 Å². The summed E-state index contributed by atoms with van der Waals surface area (Å²) < 4.78 is 19.9. The zero-order chi connectivity index (χ0) is 18.7. The number of benzene rings is 2. The SMILES string of the molecule is O=C1Oc2ccc(Br)cc2[C@@H]2c3sc(=O)[nH]c3S[C@H](c3ccc(F)cc3)[C@@H]12. The molecule has 136 valence electrons. The molecular formula is C19H11BrFNO3S2. The number of carbonyl (C=O) groups excluding carboxylic acids is 1. The number of thioether (sulfide) groups is 1. The fourth-order valence-corrected chi connectivity index (χ4v) is 6.68. The standard InChI is InChI=1S/C19H11BrFNO3S2/c20-9-3-6-12-11(7-9)13-14(18(23)25-12)15(8-1-4-10(21)5-2-8)26-17-16(13)27-19(24)22-17/h1-7,13-15H,(H,22,24)/t13-,14-,15+/m0/s1. The molecule has 0 amide bonds. The van der Waals surface area contributed by atoms with Crippen molar-refractivity contribution in [2.75, 3.05) is 0 Å². The number of hydrogen-bond donors (Lipinski definition) is 1. The molecule has 2 aromatic carbocycles. The monoisotopic (exact) mass is 463 g/mol. The summed E-state index contributed by atoms with van der Waals surface area (Å²) in [5.74, 6) is -0.930. The Morgan fingerprint density at radius 1 is 1.11 bits per heavy atom. The van der Waals surface area contributed by atoms with E-state index in [4.69, 9.17) is 4.74 Å². The average Bonchev–Trinajstić information content (AvgIpc) is 3.02. The van der Waals surface area contributed by atoms with Gasteiger partial charge < -0.3 is 9.72 Å². The summed E-state index contributed by atoms with van der Waals surface area (Å²) in [6.45, 7) is 0. The van der Waals surface area contributed by atoms with Crippen molar-refractivity contribution in [1.82, 2.24) is 4.98 Å². The molecule has 27 heavy (non-hydrogen) atoms.